The van der Waals surface area contributed by atoms with Crippen LogP contribution in [0.4, 0.5) is 0 Å². The van der Waals surface area contributed by atoms with E-state index in [0.29, 0.717) is 0 Å². The third-order valence-electron chi connectivity index (χ3n) is 1.86. The molecule has 1 heteroatoms. The van der Waals surface area contributed by atoms with Gasteiger partial charge in [-0.3, -0.25) is 0 Å². The average Bonchev–Trinajstić information content (AvgIpc) is 2.60. The average molecular weight is 191 g/mol. The summed E-state index contributed by atoms with van der Waals surface area (Å²) < 4.78 is 3.14. The Morgan fingerprint density at radius 2 is 2.27 bits per heavy atom. The van der Waals surface area contributed by atoms with Gasteiger partial charge < -0.3 is 0 Å². The van der Waals surface area contributed by atoms with E-state index in [1.54, 1.807) is 19.0 Å². The van der Waals surface area contributed by atoms with E-state index < -0.39 is 0 Å². The van der Waals surface area contributed by atoms with Gasteiger partial charge in [0.2, 0.25) is 0 Å². The Bertz CT molecular complexity index is 233. The molecule has 0 aromatic heterocycles. The summed E-state index contributed by atoms with van der Waals surface area (Å²) in [7, 11) is 0. The second-order valence-electron chi connectivity index (χ2n) is 2.79. The van der Waals surface area contributed by atoms with Crippen molar-refractivity contribution >= 4 is 0 Å². The first kappa shape index (κ1) is 7.37. The predicted octanol–water partition coefficient (Wildman–Crippen LogP) is 2.98. The van der Waals surface area contributed by atoms with E-state index in [4.69, 9.17) is 0 Å². The molecular formula is C10H12Ni. The van der Waals surface area contributed by atoms with Crippen LogP contribution >= 0.6 is 0 Å². The van der Waals surface area contributed by atoms with Gasteiger partial charge in [-0.25, -0.2) is 0 Å². The molecule has 0 aromatic carbocycles. The molecule has 0 spiro atoms. The van der Waals surface area contributed by atoms with Gasteiger partial charge in [0, 0.05) is 0 Å². The number of hydrogen-bond acceptors (Lipinski definition) is 0. The molecule has 0 atom stereocenters. The van der Waals surface area contributed by atoms with E-state index in [0.717, 1.165) is 6.42 Å². The Morgan fingerprint density at radius 3 is 2.91 bits per heavy atom. The van der Waals surface area contributed by atoms with E-state index in [1.165, 1.54) is 23.8 Å². The van der Waals surface area contributed by atoms with Gasteiger partial charge in [-0.15, -0.1) is 0 Å². The molecular weight excluding hydrogens is 179 g/mol. The molecule has 0 saturated heterocycles. The van der Waals surface area contributed by atoms with Crippen molar-refractivity contribution < 1.29 is 14.4 Å². The molecule has 2 rings (SSSR count). The van der Waals surface area contributed by atoms with Crippen LogP contribution in [-0.4, -0.2) is 0 Å². The van der Waals surface area contributed by atoms with Crippen molar-refractivity contribution in [1.82, 2.24) is 0 Å². The van der Waals surface area contributed by atoms with Crippen LogP contribution < -0.4 is 0 Å². The zero-order valence-corrected chi connectivity index (χ0v) is 7.44. The number of rotatable bonds is 2. The zero-order chi connectivity index (χ0) is 7.52. The van der Waals surface area contributed by atoms with Crippen LogP contribution in [0.5, 0.6) is 0 Å². The van der Waals surface area contributed by atoms with Crippen LogP contribution in [0.2, 0.25) is 0 Å². The Kier molecular flexibility index (Phi) is 2.28. The second-order valence-corrected chi connectivity index (χ2v) is 4.30. The normalized spacial score (nSPS) is 22.5. The quantitative estimate of drug-likeness (QED) is 0.588. The summed E-state index contributed by atoms with van der Waals surface area (Å²) in [4.78, 5) is 0. The molecule has 0 amide bonds. The molecule has 0 radical (unpaired) electrons. The van der Waals surface area contributed by atoms with Gasteiger partial charge in [0.1, 0.15) is 0 Å². The molecule has 0 nitrogen and oxygen atoms in total. The first-order valence-corrected chi connectivity index (χ1v) is 5.07. The molecule has 0 unspecified atom stereocenters. The molecule has 0 aromatic rings. The van der Waals surface area contributed by atoms with E-state index in [1.807, 2.05) is 0 Å². The molecule has 62 valence electrons. The number of hydrogen-bond donors (Lipinski definition) is 0. The van der Waals surface area contributed by atoms with Gasteiger partial charge in [0.15, 0.2) is 0 Å². The third-order valence-corrected chi connectivity index (χ3v) is 3.31. The standard InChI is InChI=1S/C5H7.C5H5.Ni/c2*1-2-4-5-3-1;/h1H,2,4-5H2;1-3H,4H2;. The third kappa shape index (κ3) is 1.84. The molecule has 0 N–H and O–H groups in total. The molecule has 0 saturated carbocycles. The van der Waals surface area contributed by atoms with Gasteiger partial charge in [-0.05, 0) is 0 Å². The first-order valence-electron chi connectivity index (χ1n) is 4.08. The molecule has 2 aliphatic carbocycles. The van der Waals surface area contributed by atoms with Gasteiger partial charge in [-0.2, -0.15) is 0 Å². The van der Waals surface area contributed by atoms with Crippen molar-refractivity contribution in [2.45, 2.75) is 25.7 Å². The minimum atomic E-state index is 1.16. The van der Waals surface area contributed by atoms with Crippen LogP contribution in [0.25, 0.3) is 0 Å². The van der Waals surface area contributed by atoms with Gasteiger partial charge >= 0.3 is 73.5 Å². The summed E-state index contributed by atoms with van der Waals surface area (Å²) in [5, 5.41) is 0. The SMILES string of the molecule is C1=CC[C]([Ni][C]2=CCCC2)=C1. The Balaban J connectivity index is 1.90. The molecule has 0 bridgehead atoms. The molecule has 0 heterocycles. The molecule has 2 aliphatic rings. The predicted molar refractivity (Wildman–Crippen MR) is 43.8 cm³/mol. The number of allylic oxidation sites excluding steroid dienone is 6. The maximum absolute atomic E-state index is 2.39. The summed E-state index contributed by atoms with van der Waals surface area (Å²) in [6, 6.07) is 0. The topological polar surface area (TPSA) is 0 Å². The minimum absolute atomic E-state index is 1.16. The summed E-state index contributed by atoms with van der Waals surface area (Å²) in [5.74, 6) is 0. The van der Waals surface area contributed by atoms with Crippen molar-refractivity contribution in [3.05, 3.63) is 33.4 Å². The van der Waals surface area contributed by atoms with Crippen molar-refractivity contribution in [2.75, 3.05) is 0 Å². The Labute approximate surface area is 73.9 Å². The van der Waals surface area contributed by atoms with E-state index in [9.17, 15) is 0 Å². The van der Waals surface area contributed by atoms with Crippen LogP contribution in [0.3, 0.4) is 0 Å². The van der Waals surface area contributed by atoms with Crippen LogP contribution in [0, 0.1) is 0 Å². The van der Waals surface area contributed by atoms with Crippen molar-refractivity contribution in [2.24, 2.45) is 0 Å². The van der Waals surface area contributed by atoms with Crippen molar-refractivity contribution in [3.8, 4) is 0 Å². The zero-order valence-electron chi connectivity index (χ0n) is 6.45. The van der Waals surface area contributed by atoms with E-state index >= 15 is 0 Å². The first-order chi connectivity index (χ1) is 5.45. The summed E-state index contributed by atoms with van der Waals surface area (Å²) in [6.07, 6.45) is 14.2. The van der Waals surface area contributed by atoms with Crippen molar-refractivity contribution in [3.63, 3.8) is 0 Å². The monoisotopic (exact) mass is 190 g/mol. The van der Waals surface area contributed by atoms with E-state index in [-0.39, 0.29) is 0 Å². The summed E-state index contributed by atoms with van der Waals surface area (Å²) in [6.45, 7) is 0. The van der Waals surface area contributed by atoms with Gasteiger partial charge in [0.25, 0.3) is 0 Å². The summed E-state index contributed by atoms with van der Waals surface area (Å²) >= 11 is 1.79. The summed E-state index contributed by atoms with van der Waals surface area (Å²) in [5.41, 5.74) is 0. The van der Waals surface area contributed by atoms with Gasteiger partial charge in [-0.1, -0.05) is 0 Å². The van der Waals surface area contributed by atoms with Crippen LogP contribution in [0.1, 0.15) is 25.7 Å². The van der Waals surface area contributed by atoms with Crippen LogP contribution in [-0.2, 0) is 14.4 Å². The molecule has 0 fully saturated rings. The fourth-order valence-electron chi connectivity index (χ4n) is 1.28. The Hall–Kier alpha value is -0.286. The van der Waals surface area contributed by atoms with E-state index in [2.05, 4.69) is 24.3 Å². The fourth-order valence-corrected chi connectivity index (χ4v) is 2.62. The maximum atomic E-state index is 2.39. The van der Waals surface area contributed by atoms with Crippen molar-refractivity contribution in [1.29, 1.82) is 0 Å². The second kappa shape index (κ2) is 3.41. The Morgan fingerprint density at radius 1 is 1.27 bits per heavy atom. The fraction of sp³-hybridized carbons (Fsp3) is 0.400. The van der Waals surface area contributed by atoms with Gasteiger partial charge in [0.05, 0.1) is 0 Å². The van der Waals surface area contributed by atoms with Crippen LogP contribution in [0.15, 0.2) is 33.4 Å². The molecule has 11 heavy (non-hydrogen) atoms. The molecule has 0 aliphatic heterocycles.